The van der Waals surface area contributed by atoms with Crippen molar-refractivity contribution in [3.8, 4) is 17.2 Å². The number of hydrogen-bond acceptors (Lipinski definition) is 7. The monoisotopic (exact) mass is 372 g/mol. The predicted molar refractivity (Wildman–Crippen MR) is 91.0 cm³/mol. The van der Waals surface area contributed by atoms with Crippen LogP contribution in [0.4, 0.5) is 0 Å². The van der Waals surface area contributed by atoms with Gasteiger partial charge in [0.2, 0.25) is 6.10 Å². The smallest absolute Gasteiger partial charge is 0.338 e. The van der Waals surface area contributed by atoms with E-state index in [2.05, 4.69) is 10.9 Å². The average molecular weight is 372 g/mol. The SMILES string of the molecule is O=C(COC(=O)c1cccc(O)c1)NNC(=O)[C@H]1COc2ccccc2O1. The number of esters is 1. The van der Waals surface area contributed by atoms with Crippen LogP contribution in [0.25, 0.3) is 0 Å². The van der Waals surface area contributed by atoms with Crippen LogP contribution in [0.2, 0.25) is 0 Å². The number of rotatable bonds is 4. The van der Waals surface area contributed by atoms with Crippen molar-refractivity contribution in [2.45, 2.75) is 6.10 Å². The standard InChI is InChI=1S/C18H16N2O7/c21-12-5-3-4-11(8-12)18(24)26-10-16(22)19-20-17(23)15-9-25-13-6-1-2-7-14(13)27-15/h1-8,15,21H,9-10H2,(H,19,22)(H,20,23)/t15-/m1/s1. The lowest BCUT2D eigenvalue weighted by Crippen LogP contribution is -2.51. The summed E-state index contributed by atoms with van der Waals surface area (Å²) in [6.07, 6.45) is -0.935. The van der Waals surface area contributed by atoms with Crippen LogP contribution in [0, 0.1) is 0 Å². The van der Waals surface area contributed by atoms with Crippen LogP contribution in [0.15, 0.2) is 48.5 Å². The van der Waals surface area contributed by atoms with Crippen LogP contribution in [0.3, 0.4) is 0 Å². The van der Waals surface area contributed by atoms with E-state index in [1.807, 2.05) is 0 Å². The van der Waals surface area contributed by atoms with E-state index in [9.17, 15) is 19.5 Å². The van der Waals surface area contributed by atoms with Gasteiger partial charge in [-0.2, -0.15) is 0 Å². The molecule has 3 rings (SSSR count). The van der Waals surface area contributed by atoms with Crippen molar-refractivity contribution < 1.29 is 33.7 Å². The molecule has 0 bridgehead atoms. The molecule has 3 N–H and O–H groups in total. The second-order valence-corrected chi connectivity index (χ2v) is 5.53. The highest BCUT2D eigenvalue weighted by Crippen LogP contribution is 2.30. The van der Waals surface area contributed by atoms with E-state index >= 15 is 0 Å². The third-order valence-electron chi connectivity index (χ3n) is 3.54. The van der Waals surface area contributed by atoms with Crippen LogP contribution >= 0.6 is 0 Å². The van der Waals surface area contributed by atoms with Crippen LogP contribution in [-0.2, 0) is 14.3 Å². The Kier molecular flexibility index (Phi) is 5.41. The maximum Gasteiger partial charge on any atom is 0.338 e. The Labute approximate surface area is 153 Å². The quantitative estimate of drug-likeness (QED) is 0.529. The lowest BCUT2D eigenvalue weighted by Gasteiger charge is -2.25. The number of carbonyl (C=O) groups is 3. The second kappa shape index (κ2) is 8.09. The number of phenols is 1. The molecule has 2 aromatic rings. The first-order valence-electron chi connectivity index (χ1n) is 7.96. The summed E-state index contributed by atoms with van der Waals surface area (Å²) in [6, 6.07) is 12.4. The summed E-state index contributed by atoms with van der Waals surface area (Å²) in [5.41, 5.74) is 4.40. The Hall–Kier alpha value is -3.75. The zero-order chi connectivity index (χ0) is 19.2. The molecule has 0 saturated heterocycles. The summed E-state index contributed by atoms with van der Waals surface area (Å²) in [5.74, 6) is -1.28. The first kappa shape index (κ1) is 18.1. The molecular weight excluding hydrogens is 356 g/mol. The molecule has 1 aliphatic rings. The molecule has 0 aliphatic carbocycles. The summed E-state index contributed by atoms with van der Waals surface area (Å²) in [6.45, 7) is -0.620. The summed E-state index contributed by atoms with van der Waals surface area (Å²) >= 11 is 0. The fraction of sp³-hybridized carbons (Fsp3) is 0.167. The minimum atomic E-state index is -0.935. The molecule has 2 aromatic carbocycles. The first-order chi connectivity index (χ1) is 13.0. The van der Waals surface area contributed by atoms with E-state index in [0.29, 0.717) is 11.5 Å². The van der Waals surface area contributed by atoms with E-state index in [-0.39, 0.29) is 17.9 Å². The largest absolute Gasteiger partial charge is 0.508 e. The van der Waals surface area contributed by atoms with Gasteiger partial charge in [-0.1, -0.05) is 18.2 Å². The van der Waals surface area contributed by atoms with Gasteiger partial charge in [0, 0.05) is 0 Å². The number of benzene rings is 2. The number of carbonyl (C=O) groups excluding carboxylic acids is 3. The molecule has 1 atom stereocenters. The molecule has 0 radical (unpaired) electrons. The molecule has 140 valence electrons. The number of phenolic OH excluding ortho intramolecular Hbond substituents is 1. The van der Waals surface area contributed by atoms with Crippen molar-refractivity contribution in [1.29, 1.82) is 0 Å². The van der Waals surface area contributed by atoms with E-state index in [1.54, 1.807) is 24.3 Å². The van der Waals surface area contributed by atoms with Crippen molar-refractivity contribution >= 4 is 17.8 Å². The lowest BCUT2D eigenvalue weighted by atomic mass is 10.2. The molecule has 0 fully saturated rings. The van der Waals surface area contributed by atoms with Crippen molar-refractivity contribution in [3.63, 3.8) is 0 Å². The van der Waals surface area contributed by atoms with Crippen LogP contribution in [0.5, 0.6) is 17.2 Å². The number of nitrogens with one attached hydrogen (secondary N) is 2. The highest BCUT2D eigenvalue weighted by atomic mass is 16.6. The van der Waals surface area contributed by atoms with Gasteiger partial charge < -0.3 is 19.3 Å². The van der Waals surface area contributed by atoms with Crippen LogP contribution in [-0.4, -0.2) is 42.2 Å². The number of hydrazine groups is 1. The summed E-state index contributed by atoms with van der Waals surface area (Å²) in [5, 5.41) is 9.31. The Morgan fingerprint density at radius 3 is 2.63 bits per heavy atom. The number of aromatic hydroxyl groups is 1. The second-order valence-electron chi connectivity index (χ2n) is 5.53. The van der Waals surface area contributed by atoms with Gasteiger partial charge in [0.05, 0.1) is 5.56 Å². The van der Waals surface area contributed by atoms with E-state index < -0.39 is 30.5 Å². The Bertz CT molecular complexity index is 868. The molecule has 0 spiro atoms. The van der Waals surface area contributed by atoms with Gasteiger partial charge in [-0.15, -0.1) is 0 Å². The van der Waals surface area contributed by atoms with E-state index in [1.165, 1.54) is 24.3 Å². The number of hydrogen-bond donors (Lipinski definition) is 3. The molecule has 9 heteroatoms. The van der Waals surface area contributed by atoms with E-state index in [4.69, 9.17) is 14.2 Å². The zero-order valence-electron chi connectivity index (χ0n) is 14.0. The number of ether oxygens (including phenoxy) is 3. The maximum absolute atomic E-state index is 12.0. The number of para-hydroxylation sites is 2. The number of amides is 2. The minimum Gasteiger partial charge on any atom is -0.508 e. The third-order valence-corrected chi connectivity index (χ3v) is 3.54. The van der Waals surface area contributed by atoms with Gasteiger partial charge >= 0.3 is 5.97 Å². The minimum absolute atomic E-state index is 0.00873. The maximum atomic E-state index is 12.0. The van der Waals surface area contributed by atoms with Crippen LogP contribution in [0.1, 0.15) is 10.4 Å². The van der Waals surface area contributed by atoms with Gasteiger partial charge in [0.25, 0.3) is 11.8 Å². The predicted octanol–water partition coefficient (Wildman–Crippen LogP) is 0.536. The van der Waals surface area contributed by atoms with Crippen molar-refractivity contribution in [2.75, 3.05) is 13.2 Å². The number of fused-ring (bicyclic) bond motifs is 1. The van der Waals surface area contributed by atoms with Crippen molar-refractivity contribution in [1.82, 2.24) is 10.9 Å². The topological polar surface area (TPSA) is 123 Å². The molecule has 0 aromatic heterocycles. The Morgan fingerprint density at radius 2 is 1.85 bits per heavy atom. The van der Waals surface area contributed by atoms with Gasteiger partial charge in [-0.05, 0) is 30.3 Å². The molecular formula is C18H16N2O7. The molecule has 2 amide bonds. The molecule has 1 heterocycles. The Morgan fingerprint density at radius 1 is 1.07 bits per heavy atom. The lowest BCUT2D eigenvalue weighted by molar-refractivity contribution is -0.135. The highest BCUT2D eigenvalue weighted by Gasteiger charge is 2.27. The van der Waals surface area contributed by atoms with Gasteiger partial charge in [0.1, 0.15) is 12.4 Å². The highest BCUT2D eigenvalue weighted by molar-refractivity contribution is 5.92. The third kappa shape index (κ3) is 4.66. The van der Waals surface area contributed by atoms with Crippen molar-refractivity contribution in [3.05, 3.63) is 54.1 Å². The summed E-state index contributed by atoms with van der Waals surface area (Å²) in [4.78, 5) is 35.5. The van der Waals surface area contributed by atoms with Gasteiger partial charge in [0.15, 0.2) is 18.1 Å². The van der Waals surface area contributed by atoms with Gasteiger partial charge in [-0.3, -0.25) is 20.4 Å². The Balaban J connectivity index is 1.43. The van der Waals surface area contributed by atoms with E-state index in [0.717, 1.165) is 0 Å². The molecule has 27 heavy (non-hydrogen) atoms. The normalized spacial score (nSPS) is 14.7. The molecule has 9 nitrogen and oxygen atoms in total. The average Bonchev–Trinajstić information content (AvgIpc) is 2.69. The zero-order valence-corrected chi connectivity index (χ0v) is 14.0. The summed E-state index contributed by atoms with van der Waals surface area (Å²) in [7, 11) is 0. The first-order valence-corrected chi connectivity index (χ1v) is 7.96. The molecule has 0 unspecified atom stereocenters. The fourth-order valence-electron chi connectivity index (χ4n) is 2.24. The summed E-state index contributed by atoms with van der Waals surface area (Å²) < 4.78 is 15.7. The molecule has 1 aliphatic heterocycles. The fourth-order valence-corrected chi connectivity index (χ4v) is 2.24. The van der Waals surface area contributed by atoms with Crippen LogP contribution < -0.4 is 20.3 Å². The van der Waals surface area contributed by atoms with Gasteiger partial charge in [-0.25, -0.2) is 4.79 Å². The van der Waals surface area contributed by atoms with Crippen molar-refractivity contribution in [2.24, 2.45) is 0 Å². The molecule has 0 saturated carbocycles.